The highest BCUT2D eigenvalue weighted by atomic mass is 15.3. The van der Waals surface area contributed by atoms with Crippen LogP contribution in [0.4, 0.5) is 5.82 Å². The molecule has 3 aromatic heterocycles. The molecule has 1 fully saturated rings. The average Bonchev–Trinajstić information content (AvgIpc) is 3.13. The predicted octanol–water partition coefficient (Wildman–Crippen LogP) is 2.06. The number of rotatable bonds is 2. The van der Waals surface area contributed by atoms with Gasteiger partial charge >= 0.3 is 0 Å². The fourth-order valence-electron chi connectivity index (χ4n) is 3.22. The first kappa shape index (κ1) is 13.2. The maximum absolute atomic E-state index is 4.71. The van der Waals surface area contributed by atoms with Gasteiger partial charge in [0, 0.05) is 49.4 Å². The molecule has 0 unspecified atom stereocenters. The van der Waals surface area contributed by atoms with Crippen LogP contribution in [0, 0.1) is 6.92 Å². The second kappa shape index (κ2) is 5.05. The van der Waals surface area contributed by atoms with Crippen molar-refractivity contribution in [3.05, 3.63) is 42.1 Å². The van der Waals surface area contributed by atoms with Crippen LogP contribution in [0.1, 0.15) is 23.7 Å². The maximum Gasteiger partial charge on any atom is 0.157 e. The number of hydrogen-bond donors (Lipinski definition) is 0. The molecule has 0 amide bonds. The van der Waals surface area contributed by atoms with E-state index in [4.69, 9.17) is 5.10 Å². The topological polar surface area (TPSA) is 59.7 Å². The summed E-state index contributed by atoms with van der Waals surface area (Å²) < 4.78 is 1.88. The van der Waals surface area contributed by atoms with E-state index in [-0.39, 0.29) is 0 Å². The minimum absolute atomic E-state index is 0.420. The summed E-state index contributed by atoms with van der Waals surface area (Å²) in [4.78, 5) is 15.3. The second-order valence-electron chi connectivity index (χ2n) is 5.83. The van der Waals surface area contributed by atoms with Crippen LogP contribution in [0.25, 0.3) is 11.0 Å². The van der Waals surface area contributed by atoms with E-state index in [2.05, 4.69) is 25.9 Å². The Morgan fingerprint density at radius 2 is 2.14 bits per heavy atom. The zero-order valence-corrected chi connectivity index (χ0v) is 12.8. The van der Waals surface area contributed by atoms with Crippen LogP contribution in [0.3, 0.4) is 0 Å². The SMILES string of the molecule is Cc1cc(N2CC[C@@H](c3nn(C)c4ncccc34)C2)ncn1. The zero-order valence-electron chi connectivity index (χ0n) is 12.8. The molecule has 4 heterocycles. The van der Waals surface area contributed by atoms with Gasteiger partial charge < -0.3 is 4.90 Å². The number of fused-ring (bicyclic) bond motifs is 1. The average molecular weight is 294 g/mol. The zero-order chi connectivity index (χ0) is 15.1. The first-order valence-corrected chi connectivity index (χ1v) is 7.53. The monoisotopic (exact) mass is 294 g/mol. The number of nitrogens with zero attached hydrogens (tertiary/aromatic N) is 6. The number of anilines is 1. The molecule has 112 valence electrons. The summed E-state index contributed by atoms with van der Waals surface area (Å²) >= 11 is 0. The molecule has 1 saturated heterocycles. The van der Waals surface area contributed by atoms with Crippen molar-refractivity contribution in [2.24, 2.45) is 7.05 Å². The Kier molecular flexibility index (Phi) is 3.03. The van der Waals surface area contributed by atoms with Crippen LogP contribution < -0.4 is 4.90 Å². The molecule has 22 heavy (non-hydrogen) atoms. The molecule has 4 rings (SSSR count). The van der Waals surface area contributed by atoms with Crippen molar-refractivity contribution in [3.8, 4) is 0 Å². The van der Waals surface area contributed by atoms with E-state index in [1.54, 1.807) is 6.33 Å². The lowest BCUT2D eigenvalue weighted by Gasteiger charge is -2.17. The van der Waals surface area contributed by atoms with E-state index in [1.807, 2.05) is 37.0 Å². The fourth-order valence-corrected chi connectivity index (χ4v) is 3.22. The Morgan fingerprint density at radius 1 is 1.23 bits per heavy atom. The Morgan fingerprint density at radius 3 is 3.00 bits per heavy atom. The highest BCUT2D eigenvalue weighted by molar-refractivity contribution is 5.78. The fraction of sp³-hybridized carbons (Fsp3) is 0.375. The van der Waals surface area contributed by atoms with Crippen LogP contribution in [-0.2, 0) is 7.05 Å². The summed E-state index contributed by atoms with van der Waals surface area (Å²) in [6.45, 7) is 3.94. The Balaban J connectivity index is 1.65. The smallest absolute Gasteiger partial charge is 0.157 e. The number of pyridine rings is 1. The highest BCUT2D eigenvalue weighted by Gasteiger charge is 2.28. The first-order valence-electron chi connectivity index (χ1n) is 7.53. The van der Waals surface area contributed by atoms with Crippen molar-refractivity contribution in [2.75, 3.05) is 18.0 Å². The van der Waals surface area contributed by atoms with E-state index < -0.39 is 0 Å². The number of hydrogen-bond acceptors (Lipinski definition) is 5. The van der Waals surface area contributed by atoms with Crippen molar-refractivity contribution >= 4 is 16.9 Å². The van der Waals surface area contributed by atoms with Crippen molar-refractivity contribution < 1.29 is 0 Å². The lowest BCUT2D eigenvalue weighted by molar-refractivity contribution is 0.692. The van der Waals surface area contributed by atoms with Gasteiger partial charge in [0.15, 0.2) is 5.65 Å². The summed E-state index contributed by atoms with van der Waals surface area (Å²) in [5.74, 6) is 1.43. The van der Waals surface area contributed by atoms with Crippen LogP contribution in [0.5, 0.6) is 0 Å². The van der Waals surface area contributed by atoms with Gasteiger partial charge in [0.25, 0.3) is 0 Å². The van der Waals surface area contributed by atoms with Gasteiger partial charge in [-0.3, -0.25) is 4.68 Å². The van der Waals surface area contributed by atoms with Crippen LogP contribution in [0.15, 0.2) is 30.7 Å². The van der Waals surface area contributed by atoms with Crippen LogP contribution in [-0.4, -0.2) is 37.8 Å². The molecule has 0 N–H and O–H groups in total. The van der Waals surface area contributed by atoms with E-state index in [0.29, 0.717) is 5.92 Å². The normalized spacial score (nSPS) is 18.3. The first-order chi connectivity index (χ1) is 10.7. The molecule has 0 saturated carbocycles. The van der Waals surface area contributed by atoms with Gasteiger partial charge in [0.2, 0.25) is 0 Å². The molecule has 0 radical (unpaired) electrons. The van der Waals surface area contributed by atoms with E-state index >= 15 is 0 Å². The van der Waals surface area contributed by atoms with Gasteiger partial charge in [-0.15, -0.1) is 0 Å². The van der Waals surface area contributed by atoms with Crippen molar-refractivity contribution in [2.45, 2.75) is 19.3 Å². The third-order valence-electron chi connectivity index (χ3n) is 4.32. The Hall–Kier alpha value is -2.50. The summed E-state index contributed by atoms with van der Waals surface area (Å²) in [6.07, 6.45) is 4.54. The van der Waals surface area contributed by atoms with Gasteiger partial charge in [0.1, 0.15) is 12.1 Å². The Labute approximate surface area is 128 Å². The largest absolute Gasteiger partial charge is 0.356 e. The molecular weight excluding hydrogens is 276 g/mol. The van der Waals surface area contributed by atoms with Crippen LogP contribution >= 0.6 is 0 Å². The summed E-state index contributed by atoms with van der Waals surface area (Å²) in [6, 6.07) is 6.14. The molecule has 3 aromatic rings. The van der Waals surface area contributed by atoms with Gasteiger partial charge in [-0.2, -0.15) is 5.10 Å². The highest BCUT2D eigenvalue weighted by Crippen LogP contribution is 2.32. The molecule has 0 spiro atoms. The molecular formula is C16H18N6. The molecule has 1 aliphatic heterocycles. The van der Waals surface area contributed by atoms with E-state index in [0.717, 1.165) is 47.7 Å². The van der Waals surface area contributed by atoms with E-state index in [1.165, 1.54) is 0 Å². The summed E-state index contributed by atoms with van der Waals surface area (Å²) in [7, 11) is 1.96. The molecule has 6 heteroatoms. The lowest BCUT2D eigenvalue weighted by Crippen LogP contribution is -2.20. The molecule has 1 aliphatic rings. The van der Waals surface area contributed by atoms with Crippen molar-refractivity contribution in [3.63, 3.8) is 0 Å². The molecule has 6 nitrogen and oxygen atoms in total. The molecule has 0 aliphatic carbocycles. The molecule has 0 aromatic carbocycles. The quantitative estimate of drug-likeness (QED) is 0.724. The van der Waals surface area contributed by atoms with Gasteiger partial charge in [0.05, 0.1) is 5.69 Å². The van der Waals surface area contributed by atoms with Gasteiger partial charge in [-0.1, -0.05) is 0 Å². The lowest BCUT2D eigenvalue weighted by atomic mass is 10.0. The summed E-state index contributed by atoms with van der Waals surface area (Å²) in [5, 5.41) is 5.87. The molecule has 1 atom stereocenters. The van der Waals surface area contributed by atoms with Crippen molar-refractivity contribution in [1.29, 1.82) is 0 Å². The van der Waals surface area contributed by atoms with Gasteiger partial charge in [-0.25, -0.2) is 15.0 Å². The van der Waals surface area contributed by atoms with Gasteiger partial charge in [-0.05, 0) is 25.5 Å². The van der Waals surface area contributed by atoms with Crippen LogP contribution in [0.2, 0.25) is 0 Å². The Bertz CT molecular complexity index is 824. The summed E-state index contributed by atoms with van der Waals surface area (Å²) in [5.41, 5.74) is 3.11. The maximum atomic E-state index is 4.71. The molecule has 0 bridgehead atoms. The third kappa shape index (κ3) is 2.11. The number of aryl methyl sites for hydroxylation is 2. The van der Waals surface area contributed by atoms with E-state index in [9.17, 15) is 0 Å². The third-order valence-corrected chi connectivity index (χ3v) is 4.32. The minimum atomic E-state index is 0.420. The van der Waals surface area contributed by atoms with Crippen molar-refractivity contribution in [1.82, 2.24) is 24.7 Å². The number of aromatic nitrogens is 5. The predicted molar refractivity (Wildman–Crippen MR) is 84.8 cm³/mol. The standard InChI is InChI=1S/C16H18N6/c1-11-8-14(19-10-18-11)22-7-5-12(9-22)15-13-4-3-6-17-16(13)21(2)20-15/h3-4,6,8,10,12H,5,7,9H2,1-2H3/t12-/m1/s1. The minimum Gasteiger partial charge on any atom is -0.356 e. The second-order valence-corrected chi connectivity index (χ2v) is 5.83.